The molecule has 0 aromatic heterocycles. The van der Waals surface area contributed by atoms with Crippen molar-refractivity contribution < 1.29 is 13.0 Å². The van der Waals surface area contributed by atoms with Crippen molar-refractivity contribution in [2.75, 3.05) is 0 Å². The minimum atomic E-state index is -3.64. The first kappa shape index (κ1) is 5.44. The van der Waals surface area contributed by atoms with Crippen molar-refractivity contribution in [3.8, 4) is 0 Å². The molecule has 0 aromatic rings. The highest BCUT2D eigenvalue weighted by molar-refractivity contribution is 8.07. The lowest BCUT2D eigenvalue weighted by Crippen LogP contribution is -1.91. The van der Waals surface area contributed by atoms with Gasteiger partial charge in [-0.05, 0) is 0 Å². The Hall–Kier alpha value is 0.442. The number of rotatable bonds is 0. The van der Waals surface area contributed by atoms with E-state index < -0.39 is 8.48 Å². The van der Waals surface area contributed by atoms with Gasteiger partial charge < -0.3 is 4.55 Å². The Bertz CT molecular complexity index is 90.1. The van der Waals surface area contributed by atoms with Crippen molar-refractivity contribution in [3.05, 3.63) is 0 Å². The topological polar surface area (TPSA) is 54.4 Å². The zero-order valence-corrected chi connectivity index (χ0v) is 4.61. The summed E-state index contributed by atoms with van der Waals surface area (Å²) >= 11 is 0.539. The van der Waals surface area contributed by atoms with Crippen LogP contribution in [0.25, 0.3) is 0 Å². The van der Waals surface area contributed by atoms with E-state index in [1.54, 1.807) is 0 Å². The van der Waals surface area contributed by atoms with Gasteiger partial charge in [-0.15, -0.1) is 0 Å². The molecule has 5 heavy (non-hydrogen) atoms. The monoisotopic (exact) mass is 109 g/mol. The first-order valence-electron chi connectivity index (χ1n) is 0.805. The molecule has 0 aliphatic heterocycles. The fourth-order valence-corrected chi connectivity index (χ4v) is 0. The molecule has 0 saturated heterocycles. The normalized spacial score (nSPS) is 11.4. The van der Waals surface area contributed by atoms with E-state index in [1.807, 2.05) is 0 Å². The summed E-state index contributed by atoms with van der Waals surface area (Å²) in [6.45, 7) is 0. The SMILES string of the molecule is O=[S](=O)(O)[AlH]. The minimum absolute atomic E-state index is 0.539. The van der Waals surface area contributed by atoms with Crippen LogP contribution in [0.3, 0.4) is 0 Å². The van der Waals surface area contributed by atoms with E-state index in [0.717, 1.165) is 0 Å². The lowest BCUT2D eigenvalue weighted by molar-refractivity contribution is 0.501. The summed E-state index contributed by atoms with van der Waals surface area (Å²) in [5.74, 6) is 0. The molecule has 0 amide bonds. The van der Waals surface area contributed by atoms with Crippen molar-refractivity contribution >= 4 is 23.6 Å². The molecular formula is H2AlO3S. The van der Waals surface area contributed by atoms with Crippen molar-refractivity contribution in [3.63, 3.8) is 0 Å². The lowest BCUT2D eigenvalue weighted by Gasteiger charge is -1.71. The van der Waals surface area contributed by atoms with Crippen LogP contribution in [0.5, 0.6) is 0 Å². The largest absolute Gasteiger partial charge is 0.431 e. The van der Waals surface area contributed by atoms with Gasteiger partial charge in [0.15, 0.2) is 0 Å². The third-order valence-electron chi connectivity index (χ3n) is 0. The second-order valence-electron chi connectivity index (χ2n) is 0.582. The van der Waals surface area contributed by atoms with Gasteiger partial charge in [-0.3, -0.25) is 0 Å². The average molecular weight is 109 g/mol. The Kier molecular flexibility index (Phi) is 1.38. The molecule has 0 rings (SSSR count). The smallest absolute Gasteiger partial charge is 0.305 e. The lowest BCUT2D eigenvalue weighted by atomic mass is 15.9. The molecule has 0 aliphatic carbocycles. The van der Waals surface area contributed by atoms with Crippen LogP contribution in [0.2, 0.25) is 0 Å². The van der Waals surface area contributed by atoms with Gasteiger partial charge >= 0.3 is 15.2 Å². The second kappa shape index (κ2) is 1.27. The zero-order valence-electron chi connectivity index (χ0n) is 2.38. The number of hydrogen-bond donors (Lipinski definition) is 1. The molecule has 0 atom stereocenters. The van der Waals surface area contributed by atoms with Crippen LogP contribution in [0.4, 0.5) is 0 Å². The van der Waals surface area contributed by atoms with Crippen LogP contribution in [-0.2, 0) is 8.48 Å². The Morgan fingerprint density at radius 2 is 1.60 bits per heavy atom. The van der Waals surface area contributed by atoms with Gasteiger partial charge in [-0.1, -0.05) is 0 Å². The Morgan fingerprint density at radius 3 is 1.60 bits per heavy atom. The quantitative estimate of drug-likeness (QED) is 0.310. The molecular weight excluding hydrogens is 107 g/mol. The molecule has 5 heteroatoms. The Labute approximate surface area is 37.2 Å². The van der Waals surface area contributed by atoms with Crippen LogP contribution < -0.4 is 0 Å². The highest BCUT2D eigenvalue weighted by Crippen LogP contribution is 1.57. The molecule has 0 fully saturated rings. The van der Waals surface area contributed by atoms with Gasteiger partial charge in [-0.2, -0.15) is 0 Å². The summed E-state index contributed by atoms with van der Waals surface area (Å²) in [5.41, 5.74) is 0. The summed E-state index contributed by atoms with van der Waals surface area (Å²) in [5, 5.41) is 0. The maximum atomic E-state index is 9.20. The summed E-state index contributed by atoms with van der Waals surface area (Å²) < 4.78 is 25.9. The van der Waals surface area contributed by atoms with Crippen molar-refractivity contribution in [2.45, 2.75) is 0 Å². The third-order valence-corrected chi connectivity index (χ3v) is 0. The molecule has 29 valence electrons. The molecule has 1 N–H and O–H groups in total. The molecule has 1 radical (unpaired) electrons. The molecule has 3 nitrogen and oxygen atoms in total. The van der Waals surface area contributed by atoms with Gasteiger partial charge in [0, 0.05) is 0 Å². The predicted octanol–water partition coefficient (Wildman–Crippen LogP) is -1.31. The van der Waals surface area contributed by atoms with E-state index in [-0.39, 0.29) is 0 Å². The molecule has 0 spiro atoms. The van der Waals surface area contributed by atoms with E-state index in [1.165, 1.54) is 0 Å². The fourth-order valence-electron chi connectivity index (χ4n) is 0. The highest BCUT2D eigenvalue weighted by atomic mass is 32.4. The fraction of sp³-hybridized carbons (Fsp3) is 0. The van der Waals surface area contributed by atoms with Crippen molar-refractivity contribution in [1.29, 1.82) is 0 Å². The summed E-state index contributed by atoms with van der Waals surface area (Å²) in [6, 6.07) is 0. The van der Waals surface area contributed by atoms with Crippen LogP contribution in [-0.4, -0.2) is 28.1 Å². The van der Waals surface area contributed by atoms with Gasteiger partial charge in [0.1, 0.15) is 8.48 Å². The van der Waals surface area contributed by atoms with E-state index in [4.69, 9.17) is 4.55 Å². The molecule has 0 saturated carbocycles. The molecule has 0 unspecified atom stereocenters. The minimum Gasteiger partial charge on any atom is -0.305 e. The van der Waals surface area contributed by atoms with Gasteiger partial charge in [0.2, 0.25) is 0 Å². The standard InChI is InChI=1S/Al.HO3S.H/c;1-4(2)3;/h;(H,1,2,3);. The van der Waals surface area contributed by atoms with Crippen molar-refractivity contribution in [2.24, 2.45) is 0 Å². The van der Waals surface area contributed by atoms with Crippen molar-refractivity contribution in [1.82, 2.24) is 0 Å². The van der Waals surface area contributed by atoms with Gasteiger partial charge in [0.05, 0.1) is 0 Å². The molecule has 0 aromatic carbocycles. The maximum Gasteiger partial charge on any atom is 0.431 e. The van der Waals surface area contributed by atoms with E-state index in [9.17, 15) is 8.42 Å². The van der Waals surface area contributed by atoms with E-state index in [0.29, 0.717) is 15.2 Å². The maximum absolute atomic E-state index is 9.20. The van der Waals surface area contributed by atoms with Crippen LogP contribution in [0.1, 0.15) is 0 Å². The second-order valence-corrected chi connectivity index (χ2v) is 3.93. The summed E-state index contributed by atoms with van der Waals surface area (Å²) in [7, 11) is -3.64. The van der Waals surface area contributed by atoms with Gasteiger partial charge in [-0.25, -0.2) is 8.42 Å². The first-order chi connectivity index (χ1) is 2.00. The van der Waals surface area contributed by atoms with E-state index >= 15 is 0 Å². The highest BCUT2D eigenvalue weighted by Gasteiger charge is 1.82. The molecule has 0 aliphatic rings. The number of hydrogen-bond acceptors (Lipinski definition) is 2. The van der Waals surface area contributed by atoms with Crippen LogP contribution in [0, 0.1) is 0 Å². The molecule has 0 heterocycles. The average Bonchev–Trinajstić information content (AvgIpc) is 0.722. The third kappa shape index (κ3) is 135. The van der Waals surface area contributed by atoms with Crippen LogP contribution >= 0.6 is 0 Å². The first-order valence-corrected chi connectivity index (χ1v) is 4.15. The zero-order chi connectivity index (χ0) is 4.50. The Balaban J connectivity index is 4.06. The molecule has 0 bridgehead atoms. The van der Waals surface area contributed by atoms with Gasteiger partial charge in [0.25, 0.3) is 0 Å². The van der Waals surface area contributed by atoms with Crippen LogP contribution in [0.15, 0.2) is 0 Å². The summed E-state index contributed by atoms with van der Waals surface area (Å²) in [4.78, 5) is 0. The van der Waals surface area contributed by atoms with E-state index in [2.05, 4.69) is 0 Å². The Morgan fingerprint density at radius 1 is 1.60 bits per heavy atom. The predicted molar refractivity (Wildman–Crippen MR) is 18.7 cm³/mol. The summed E-state index contributed by atoms with van der Waals surface area (Å²) in [6.07, 6.45) is 0.